The van der Waals surface area contributed by atoms with Crippen LogP contribution in [0.3, 0.4) is 0 Å². The van der Waals surface area contributed by atoms with Gasteiger partial charge >= 0.3 is 5.97 Å². The third kappa shape index (κ3) is 1.48. The number of ether oxygens (including phenoxy) is 1. The highest BCUT2D eigenvalue weighted by atomic mass is 16.5. The molecule has 1 amide bonds. The second-order valence-electron chi connectivity index (χ2n) is 3.88. The van der Waals surface area contributed by atoms with Gasteiger partial charge in [0.2, 0.25) is 5.91 Å². The van der Waals surface area contributed by atoms with E-state index < -0.39 is 17.2 Å². The molecule has 5 nitrogen and oxygen atoms in total. The van der Waals surface area contributed by atoms with Crippen LogP contribution in [0, 0.1) is 0 Å². The molecule has 0 aromatic heterocycles. The van der Waals surface area contributed by atoms with E-state index >= 15 is 0 Å². The zero-order chi connectivity index (χ0) is 11.0. The third-order valence-electron chi connectivity index (χ3n) is 2.69. The van der Waals surface area contributed by atoms with Crippen molar-refractivity contribution in [1.29, 1.82) is 0 Å². The van der Waals surface area contributed by atoms with Crippen LogP contribution in [0.15, 0.2) is 0 Å². The van der Waals surface area contributed by atoms with Crippen molar-refractivity contribution in [2.75, 3.05) is 7.11 Å². The van der Waals surface area contributed by atoms with E-state index in [1.54, 1.807) is 13.8 Å². The molecule has 0 radical (unpaired) electrons. The predicted molar refractivity (Wildman–Crippen MR) is 50.4 cm³/mol. The normalized spacial score (nSPS) is 36.7. The van der Waals surface area contributed by atoms with Crippen LogP contribution < -0.4 is 10.6 Å². The molecule has 2 atom stereocenters. The third-order valence-corrected chi connectivity index (χ3v) is 2.69. The Bertz CT molecular complexity index is 279. The largest absolute Gasteiger partial charge is 0.466 e. The molecule has 80 valence electrons. The molecule has 0 aliphatic carbocycles. The van der Waals surface area contributed by atoms with Gasteiger partial charge in [-0.25, -0.2) is 4.79 Å². The molecule has 5 heteroatoms. The fraction of sp³-hybridized carbons (Fsp3) is 0.778. The lowest BCUT2D eigenvalue weighted by atomic mass is 9.99. The number of hydrogen-bond donors (Lipinski definition) is 2. The SMILES string of the molecule is CCC1(C)NC(C)(C(=O)OC)NC1=O. The van der Waals surface area contributed by atoms with Crippen LogP contribution in [0.4, 0.5) is 0 Å². The molecule has 2 N–H and O–H groups in total. The smallest absolute Gasteiger partial charge is 0.346 e. The lowest BCUT2D eigenvalue weighted by Gasteiger charge is -2.24. The molecule has 0 aromatic carbocycles. The Morgan fingerprint density at radius 2 is 2.07 bits per heavy atom. The number of carbonyl (C=O) groups is 2. The van der Waals surface area contributed by atoms with Crippen LogP contribution in [0.1, 0.15) is 27.2 Å². The van der Waals surface area contributed by atoms with Crippen molar-refractivity contribution in [2.45, 2.75) is 38.4 Å². The fourth-order valence-corrected chi connectivity index (χ4v) is 1.56. The first kappa shape index (κ1) is 11.0. The standard InChI is InChI=1S/C9H16N2O3/c1-5-8(2)6(12)10-9(3,11-8)7(13)14-4/h11H,5H2,1-4H3,(H,10,12). The quantitative estimate of drug-likeness (QED) is 0.604. The molecule has 1 rings (SSSR count). The zero-order valence-electron chi connectivity index (χ0n) is 8.93. The number of rotatable bonds is 2. The molecule has 1 fully saturated rings. The minimum absolute atomic E-state index is 0.173. The van der Waals surface area contributed by atoms with Crippen LogP contribution in [-0.4, -0.2) is 30.2 Å². The number of hydrogen-bond acceptors (Lipinski definition) is 4. The van der Waals surface area contributed by atoms with Crippen molar-refractivity contribution >= 4 is 11.9 Å². The average molecular weight is 200 g/mol. The molecule has 0 bridgehead atoms. The molecule has 0 aromatic rings. The monoisotopic (exact) mass is 200 g/mol. The molecule has 1 saturated heterocycles. The lowest BCUT2D eigenvalue weighted by Crippen LogP contribution is -2.56. The van der Waals surface area contributed by atoms with Crippen molar-refractivity contribution in [3.63, 3.8) is 0 Å². The van der Waals surface area contributed by atoms with Gasteiger partial charge < -0.3 is 10.1 Å². The van der Waals surface area contributed by atoms with Crippen LogP contribution in [0.5, 0.6) is 0 Å². The number of methoxy groups -OCH3 is 1. The average Bonchev–Trinajstić information content (AvgIpc) is 2.38. The fourth-order valence-electron chi connectivity index (χ4n) is 1.56. The number of esters is 1. The Kier molecular flexibility index (Phi) is 2.54. The van der Waals surface area contributed by atoms with E-state index in [2.05, 4.69) is 15.4 Å². The van der Waals surface area contributed by atoms with E-state index in [1.165, 1.54) is 7.11 Å². The van der Waals surface area contributed by atoms with Crippen molar-refractivity contribution < 1.29 is 14.3 Å². The van der Waals surface area contributed by atoms with Gasteiger partial charge in [-0.15, -0.1) is 0 Å². The Labute approximate surface area is 83.2 Å². The Morgan fingerprint density at radius 3 is 2.43 bits per heavy atom. The highest BCUT2D eigenvalue weighted by Gasteiger charge is 2.52. The molecule has 14 heavy (non-hydrogen) atoms. The summed E-state index contributed by atoms with van der Waals surface area (Å²) in [5.41, 5.74) is -1.79. The van der Waals surface area contributed by atoms with Gasteiger partial charge in [-0.2, -0.15) is 0 Å². The molecule has 0 spiro atoms. The maximum atomic E-state index is 11.6. The molecular weight excluding hydrogens is 184 g/mol. The predicted octanol–water partition coefficient (Wildman–Crippen LogP) is -0.236. The highest BCUT2D eigenvalue weighted by Crippen LogP contribution is 2.22. The van der Waals surface area contributed by atoms with Crippen LogP contribution >= 0.6 is 0 Å². The lowest BCUT2D eigenvalue weighted by molar-refractivity contribution is -0.149. The van der Waals surface area contributed by atoms with Gasteiger partial charge in [0.15, 0.2) is 5.66 Å². The minimum atomic E-state index is -1.10. The maximum absolute atomic E-state index is 11.6. The molecule has 1 aliphatic heterocycles. The van der Waals surface area contributed by atoms with Gasteiger partial charge in [0.25, 0.3) is 0 Å². The Balaban J connectivity index is 2.91. The van der Waals surface area contributed by atoms with E-state index in [0.29, 0.717) is 6.42 Å². The number of carbonyl (C=O) groups excluding carboxylic acids is 2. The van der Waals surface area contributed by atoms with Crippen molar-refractivity contribution in [3.8, 4) is 0 Å². The summed E-state index contributed by atoms with van der Waals surface area (Å²) in [7, 11) is 1.29. The van der Waals surface area contributed by atoms with Gasteiger partial charge in [-0.3, -0.25) is 10.1 Å². The van der Waals surface area contributed by atoms with Crippen LogP contribution in [0.25, 0.3) is 0 Å². The van der Waals surface area contributed by atoms with Gasteiger partial charge in [0.05, 0.1) is 12.6 Å². The molecular formula is C9H16N2O3. The Morgan fingerprint density at radius 1 is 1.50 bits per heavy atom. The summed E-state index contributed by atoms with van der Waals surface area (Å²) in [6.07, 6.45) is 0.616. The highest BCUT2D eigenvalue weighted by molar-refractivity contribution is 5.96. The molecule has 2 unspecified atom stereocenters. The topological polar surface area (TPSA) is 67.4 Å². The number of amides is 1. The Hall–Kier alpha value is -1.10. The molecule has 1 aliphatic rings. The summed E-state index contributed by atoms with van der Waals surface area (Å²) in [4.78, 5) is 23.0. The van der Waals surface area contributed by atoms with Gasteiger partial charge in [-0.05, 0) is 20.3 Å². The maximum Gasteiger partial charge on any atom is 0.346 e. The van der Waals surface area contributed by atoms with E-state index in [-0.39, 0.29) is 5.91 Å². The van der Waals surface area contributed by atoms with E-state index in [1.807, 2.05) is 6.92 Å². The summed E-state index contributed by atoms with van der Waals surface area (Å²) in [5, 5.41) is 5.56. The second kappa shape index (κ2) is 3.24. The molecule has 1 heterocycles. The van der Waals surface area contributed by atoms with E-state index in [9.17, 15) is 9.59 Å². The van der Waals surface area contributed by atoms with Crippen LogP contribution in [-0.2, 0) is 14.3 Å². The summed E-state index contributed by atoms with van der Waals surface area (Å²) in [6, 6.07) is 0. The zero-order valence-corrected chi connectivity index (χ0v) is 8.93. The van der Waals surface area contributed by atoms with Crippen molar-refractivity contribution in [3.05, 3.63) is 0 Å². The summed E-state index contributed by atoms with van der Waals surface area (Å²) >= 11 is 0. The number of nitrogens with one attached hydrogen (secondary N) is 2. The first-order valence-corrected chi connectivity index (χ1v) is 4.58. The van der Waals surface area contributed by atoms with Gasteiger partial charge in [0, 0.05) is 0 Å². The summed E-state index contributed by atoms with van der Waals surface area (Å²) < 4.78 is 4.61. The van der Waals surface area contributed by atoms with Gasteiger partial charge in [-0.1, -0.05) is 6.92 Å². The second-order valence-corrected chi connectivity index (χ2v) is 3.88. The summed E-state index contributed by atoms with van der Waals surface area (Å²) in [6.45, 7) is 5.24. The minimum Gasteiger partial charge on any atom is -0.466 e. The summed E-state index contributed by atoms with van der Waals surface area (Å²) in [5.74, 6) is -0.657. The van der Waals surface area contributed by atoms with E-state index in [4.69, 9.17) is 0 Å². The van der Waals surface area contributed by atoms with Crippen molar-refractivity contribution in [2.24, 2.45) is 0 Å². The first-order chi connectivity index (χ1) is 6.38. The molecule has 0 saturated carbocycles. The van der Waals surface area contributed by atoms with Gasteiger partial charge in [0.1, 0.15) is 0 Å². The van der Waals surface area contributed by atoms with E-state index in [0.717, 1.165) is 0 Å². The van der Waals surface area contributed by atoms with Crippen LogP contribution in [0.2, 0.25) is 0 Å². The first-order valence-electron chi connectivity index (χ1n) is 4.58. The van der Waals surface area contributed by atoms with Crippen molar-refractivity contribution in [1.82, 2.24) is 10.6 Å².